The second kappa shape index (κ2) is 7.13. The predicted molar refractivity (Wildman–Crippen MR) is 98.4 cm³/mol. The van der Waals surface area contributed by atoms with Crippen LogP contribution in [0.15, 0.2) is 70.5 Å². The molecule has 1 N–H and O–H groups in total. The van der Waals surface area contributed by atoms with Crippen LogP contribution in [0, 0.1) is 6.92 Å². The third-order valence-corrected chi connectivity index (χ3v) is 4.04. The first-order chi connectivity index (χ1) is 11.7. The summed E-state index contributed by atoms with van der Waals surface area (Å²) in [4.78, 5) is 17.3. The van der Waals surface area contributed by atoms with Crippen molar-refractivity contribution in [3.05, 3.63) is 87.8 Å². The molecule has 2 aromatic carbocycles. The highest BCUT2D eigenvalue weighted by Gasteiger charge is 2.14. The second-order valence-electron chi connectivity index (χ2n) is 5.79. The number of hydrogen-bond donors (Lipinski definition) is 1. The molecule has 0 aliphatic rings. The number of aromatic amines is 1. The Balaban J connectivity index is 1.83. The molecule has 0 aliphatic heterocycles. The maximum Gasteiger partial charge on any atom is 0.280 e. The molecule has 1 heterocycles. The lowest BCUT2D eigenvalue weighted by atomic mass is 10.1. The van der Waals surface area contributed by atoms with Gasteiger partial charge in [-0.3, -0.25) is 14.9 Å². The Morgan fingerprint density at radius 2 is 1.67 bits per heavy atom. The maximum atomic E-state index is 12.7. The molecule has 0 amide bonds. The molecule has 4 heteroatoms. The summed E-state index contributed by atoms with van der Waals surface area (Å²) in [6.07, 6.45) is 0.870. The average molecular weight is 319 g/mol. The van der Waals surface area contributed by atoms with Crippen molar-refractivity contribution in [1.29, 1.82) is 0 Å². The fourth-order valence-corrected chi connectivity index (χ4v) is 2.81. The summed E-state index contributed by atoms with van der Waals surface area (Å²) in [5, 5.41) is 3.14. The zero-order valence-corrected chi connectivity index (χ0v) is 14.0. The van der Waals surface area contributed by atoms with Crippen molar-refractivity contribution in [3.63, 3.8) is 0 Å². The first-order valence-corrected chi connectivity index (χ1v) is 8.09. The number of nitrogens with one attached hydrogen (secondary N) is 1. The van der Waals surface area contributed by atoms with Gasteiger partial charge in [-0.25, -0.2) is 4.68 Å². The molecule has 0 aliphatic carbocycles. The van der Waals surface area contributed by atoms with Gasteiger partial charge in [0.05, 0.1) is 11.3 Å². The molecule has 0 atom stereocenters. The zero-order valence-electron chi connectivity index (χ0n) is 14.0. The summed E-state index contributed by atoms with van der Waals surface area (Å²) in [5.41, 5.74) is 4.30. The van der Waals surface area contributed by atoms with Gasteiger partial charge in [-0.15, -0.1) is 0 Å². The monoisotopic (exact) mass is 319 g/mol. The van der Waals surface area contributed by atoms with Gasteiger partial charge in [0, 0.05) is 18.0 Å². The summed E-state index contributed by atoms with van der Waals surface area (Å²) in [7, 11) is 0. The summed E-state index contributed by atoms with van der Waals surface area (Å²) in [6, 6.07) is 19.8. The quantitative estimate of drug-likeness (QED) is 0.719. The zero-order chi connectivity index (χ0) is 16.9. The van der Waals surface area contributed by atoms with Gasteiger partial charge in [0.2, 0.25) is 0 Å². The van der Waals surface area contributed by atoms with Crippen LogP contribution in [0.1, 0.15) is 23.7 Å². The van der Waals surface area contributed by atoms with Crippen molar-refractivity contribution in [2.45, 2.75) is 20.3 Å². The number of benzene rings is 2. The lowest BCUT2D eigenvalue weighted by Gasteiger charge is -2.00. The smallest absolute Gasteiger partial charge is 0.280 e. The highest BCUT2D eigenvalue weighted by molar-refractivity contribution is 5.99. The van der Waals surface area contributed by atoms with E-state index in [0.717, 1.165) is 23.5 Å². The van der Waals surface area contributed by atoms with E-state index in [0.29, 0.717) is 12.1 Å². The molecule has 4 nitrogen and oxygen atoms in total. The van der Waals surface area contributed by atoms with E-state index in [2.05, 4.69) is 22.2 Å². The van der Waals surface area contributed by atoms with Crippen molar-refractivity contribution < 1.29 is 0 Å². The minimum atomic E-state index is -0.0559. The number of H-pyrrole nitrogens is 1. The van der Waals surface area contributed by atoms with Crippen LogP contribution in [-0.4, -0.2) is 22.0 Å². The van der Waals surface area contributed by atoms with E-state index in [-0.39, 0.29) is 5.56 Å². The summed E-state index contributed by atoms with van der Waals surface area (Å²) in [6.45, 7) is 4.48. The molecule has 3 rings (SSSR count). The van der Waals surface area contributed by atoms with Crippen molar-refractivity contribution in [3.8, 4) is 5.69 Å². The maximum absolute atomic E-state index is 12.7. The largest absolute Gasteiger partial charge is 0.295 e. The van der Waals surface area contributed by atoms with E-state index < -0.39 is 0 Å². The van der Waals surface area contributed by atoms with Crippen molar-refractivity contribution >= 4 is 5.71 Å². The Bertz CT molecular complexity index is 890. The number of nitrogens with zero attached hydrogens (tertiary/aromatic N) is 2. The van der Waals surface area contributed by atoms with Crippen LogP contribution in [0.3, 0.4) is 0 Å². The molecule has 0 spiro atoms. The molecule has 0 unspecified atom stereocenters. The van der Waals surface area contributed by atoms with Crippen molar-refractivity contribution in [1.82, 2.24) is 9.78 Å². The van der Waals surface area contributed by atoms with Crippen LogP contribution in [0.5, 0.6) is 0 Å². The van der Waals surface area contributed by atoms with Gasteiger partial charge in [0.1, 0.15) is 0 Å². The SMILES string of the molecule is CC(=NCCc1ccccc1)c1c(C)[nH]n(-c2ccccc2)c1=O. The number of aryl methyl sites for hydroxylation is 1. The first-order valence-electron chi connectivity index (χ1n) is 8.09. The highest BCUT2D eigenvalue weighted by atomic mass is 16.1. The van der Waals surface area contributed by atoms with E-state index in [4.69, 9.17) is 0 Å². The molecule has 1 aromatic heterocycles. The fraction of sp³-hybridized carbons (Fsp3) is 0.200. The average Bonchev–Trinajstić information content (AvgIpc) is 2.91. The summed E-state index contributed by atoms with van der Waals surface area (Å²) < 4.78 is 1.57. The van der Waals surface area contributed by atoms with Crippen molar-refractivity contribution in [2.75, 3.05) is 6.54 Å². The molecule has 24 heavy (non-hydrogen) atoms. The number of aromatic nitrogens is 2. The molecule has 0 saturated heterocycles. The molecule has 0 radical (unpaired) electrons. The molecular formula is C20H21N3O. The van der Waals surface area contributed by atoms with E-state index in [1.165, 1.54) is 5.56 Å². The molecule has 3 aromatic rings. The lowest BCUT2D eigenvalue weighted by Crippen LogP contribution is -2.19. The topological polar surface area (TPSA) is 50.1 Å². The predicted octanol–water partition coefficient (Wildman–Crippen LogP) is 3.53. The van der Waals surface area contributed by atoms with Crippen molar-refractivity contribution in [2.24, 2.45) is 4.99 Å². The summed E-state index contributed by atoms with van der Waals surface area (Å²) >= 11 is 0. The van der Waals surface area contributed by atoms with Crippen LogP contribution < -0.4 is 5.56 Å². The summed E-state index contributed by atoms with van der Waals surface area (Å²) in [5.74, 6) is 0. The minimum absolute atomic E-state index is 0.0559. The minimum Gasteiger partial charge on any atom is -0.295 e. The van der Waals surface area contributed by atoms with E-state index in [1.807, 2.05) is 62.4 Å². The van der Waals surface area contributed by atoms with E-state index in [1.54, 1.807) is 4.68 Å². The molecule has 0 bridgehead atoms. The van der Waals surface area contributed by atoms with Gasteiger partial charge in [0.25, 0.3) is 5.56 Å². The van der Waals surface area contributed by atoms with Crippen LogP contribution in [0.25, 0.3) is 5.69 Å². The van der Waals surface area contributed by atoms with Crippen LogP contribution >= 0.6 is 0 Å². The third-order valence-electron chi connectivity index (χ3n) is 4.04. The Hall–Kier alpha value is -2.88. The normalized spacial score (nSPS) is 11.7. The molecular weight excluding hydrogens is 298 g/mol. The Morgan fingerprint density at radius 3 is 2.33 bits per heavy atom. The van der Waals surface area contributed by atoms with Crippen LogP contribution in [0.4, 0.5) is 0 Å². The van der Waals surface area contributed by atoms with Gasteiger partial charge < -0.3 is 0 Å². The molecule has 0 saturated carbocycles. The lowest BCUT2D eigenvalue weighted by molar-refractivity contribution is 0.835. The van der Waals surface area contributed by atoms with Gasteiger partial charge in [-0.05, 0) is 38.0 Å². The Kier molecular flexibility index (Phi) is 4.75. The third kappa shape index (κ3) is 3.38. The van der Waals surface area contributed by atoms with Gasteiger partial charge in [-0.2, -0.15) is 0 Å². The standard InChI is InChI=1S/C20H21N3O/c1-15(21-14-13-17-9-5-3-6-10-17)19-16(2)22-23(20(19)24)18-11-7-4-8-12-18/h3-12,22H,13-14H2,1-2H3. The number of rotatable bonds is 5. The Labute approximate surface area is 141 Å². The fourth-order valence-electron chi connectivity index (χ4n) is 2.81. The van der Waals surface area contributed by atoms with E-state index >= 15 is 0 Å². The molecule has 0 fully saturated rings. The van der Waals surface area contributed by atoms with Gasteiger partial charge >= 0.3 is 0 Å². The number of hydrogen-bond acceptors (Lipinski definition) is 2. The number of para-hydroxylation sites is 1. The van der Waals surface area contributed by atoms with Crippen LogP contribution in [-0.2, 0) is 6.42 Å². The van der Waals surface area contributed by atoms with E-state index in [9.17, 15) is 4.79 Å². The number of aliphatic imine (C=N–C) groups is 1. The van der Waals surface area contributed by atoms with Crippen LogP contribution in [0.2, 0.25) is 0 Å². The molecule has 122 valence electrons. The van der Waals surface area contributed by atoms with Gasteiger partial charge in [0.15, 0.2) is 0 Å². The van der Waals surface area contributed by atoms with Gasteiger partial charge in [-0.1, -0.05) is 48.5 Å². The first kappa shape index (κ1) is 16.0. The second-order valence-corrected chi connectivity index (χ2v) is 5.79. The Morgan fingerprint density at radius 1 is 1.04 bits per heavy atom. The highest BCUT2D eigenvalue weighted by Crippen LogP contribution is 2.08.